The van der Waals surface area contributed by atoms with Crippen LogP contribution >= 0.6 is 0 Å². The van der Waals surface area contributed by atoms with Crippen molar-refractivity contribution in [2.45, 2.75) is 18.8 Å². The van der Waals surface area contributed by atoms with Crippen LogP contribution < -0.4 is 0 Å². The van der Waals surface area contributed by atoms with Crippen molar-refractivity contribution in [1.82, 2.24) is 20.0 Å². The Kier molecular flexibility index (Phi) is 4.24. The summed E-state index contributed by atoms with van der Waals surface area (Å²) in [6.45, 7) is 1.28. The Bertz CT molecular complexity index is 842. The van der Waals surface area contributed by atoms with Crippen LogP contribution in [0.5, 0.6) is 0 Å². The summed E-state index contributed by atoms with van der Waals surface area (Å²) >= 11 is 0. The summed E-state index contributed by atoms with van der Waals surface area (Å²) in [6.07, 6.45) is 4.71. The van der Waals surface area contributed by atoms with Crippen LogP contribution in [0.4, 0.5) is 0 Å². The first kappa shape index (κ1) is 15.5. The predicted octanol–water partition coefficient (Wildman–Crippen LogP) is 2.69. The molecule has 3 aromatic rings. The average molecular weight is 334 g/mol. The van der Waals surface area contributed by atoms with E-state index in [0.717, 1.165) is 12.0 Å². The van der Waals surface area contributed by atoms with Crippen LogP contribution in [0.2, 0.25) is 0 Å². The van der Waals surface area contributed by atoms with Crippen LogP contribution in [-0.2, 0) is 11.2 Å². The zero-order chi connectivity index (χ0) is 17.1. The number of nitrogens with zero attached hydrogens (tertiary/aromatic N) is 4. The van der Waals surface area contributed by atoms with Gasteiger partial charge in [-0.2, -0.15) is 4.98 Å². The lowest BCUT2D eigenvalue weighted by Gasteiger charge is -2.37. The standard InChI is InChI=1S/C19H18N4O2/c24-17(9-8-14-5-2-1-3-6-14)23-12-16(13-23)19-21-18(22-25-19)15-7-4-10-20-11-15/h1-7,10-11,16H,8-9,12-13H2. The maximum atomic E-state index is 12.3. The first-order valence-electron chi connectivity index (χ1n) is 8.35. The highest BCUT2D eigenvalue weighted by Crippen LogP contribution is 2.28. The number of amides is 1. The lowest BCUT2D eigenvalue weighted by molar-refractivity contribution is -0.135. The Morgan fingerprint density at radius 1 is 1.16 bits per heavy atom. The Balaban J connectivity index is 1.30. The first-order chi connectivity index (χ1) is 12.3. The van der Waals surface area contributed by atoms with Gasteiger partial charge in [-0.3, -0.25) is 9.78 Å². The van der Waals surface area contributed by atoms with Gasteiger partial charge in [-0.05, 0) is 24.1 Å². The number of aryl methyl sites for hydroxylation is 1. The van der Waals surface area contributed by atoms with E-state index in [1.165, 1.54) is 5.56 Å². The second-order valence-electron chi connectivity index (χ2n) is 6.18. The van der Waals surface area contributed by atoms with Gasteiger partial charge in [-0.25, -0.2) is 0 Å². The van der Waals surface area contributed by atoms with Gasteiger partial charge in [0.1, 0.15) is 0 Å². The van der Waals surface area contributed by atoms with Crippen LogP contribution in [0.15, 0.2) is 59.4 Å². The molecule has 0 aliphatic carbocycles. The molecule has 4 rings (SSSR count). The number of pyridine rings is 1. The molecule has 25 heavy (non-hydrogen) atoms. The maximum absolute atomic E-state index is 12.3. The molecule has 0 unspecified atom stereocenters. The van der Waals surface area contributed by atoms with Gasteiger partial charge < -0.3 is 9.42 Å². The fourth-order valence-electron chi connectivity index (χ4n) is 2.91. The highest BCUT2D eigenvalue weighted by Gasteiger charge is 2.35. The molecular formula is C19H18N4O2. The Hall–Kier alpha value is -3.02. The SMILES string of the molecule is O=C(CCc1ccccc1)N1CC(c2nc(-c3cccnc3)no2)C1. The fraction of sp³-hybridized carbons (Fsp3) is 0.263. The lowest BCUT2D eigenvalue weighted by atomic mass is 9.99. The van der Waals surface area contributed by atoms with E-state index in [0.29, 0.717) is 31.2 Å². The molecule has 0 atom stereocenters. The summed E-state index contributed by atoms with van der Waals surface area (Å²) in [5.74, 6) is 1.42. The zero-order valence-corrected chi connectivity index (χ0v) is 13.7. The predicted molar refractivity (Wildman–Crippen MR) is 91.6 cm³/mol. The molecule has 0 bridgehead atoms. The van der Waals surface area contributed by atoms with E-state index in [4.69, 9.17) is 4.52 Å². The third kappa shape index (κ3) is 3.42. The van der Waals surface area contributed by atoms with E-state index in [2.05, 4.69) is 15.1 Å². The molecule has 3 heterocycles. The average Bonchev–Trinajstić information content (AvgIpc) is 3.10. The van der Waals surface area contributed by atoms with Gasteiger partial charge in [-0.1, -0.05) is 35.5 Å². The molecule has 1 amide bonds. The van der Waals surface area contributed by atoms with Crippen molar-refractivity contribution in [3.8, 4) is 11.4 Å². The van der Waals surface area contributed by atoms with Crippen molar-refractivity contribution in [2.24, 2.45) is 0 Å². The number of aromatic nitrogens is 3. The lowest BCUT2D eigenvalue weighted by Crippen LogP contribution is -2.48. The molecule has 1 aromatic carbocycles. The number of hydrogen-bond donors (Lipinski definition) is 0. The molecule has 1 aliphatic rings. The molecule has 6 heteroatoms. The van der Waals surface area contributed by atoms with Gasteiger partial charge in [0.05, 0.1) is 5.92 Å². The Morgan fingerprint density at radius 2 is 2.00 bits per heavy atom. The zero-order valence-electron chi connectivity index (χ0n) is 13.7. The molecule has 0 radical (unpaired) electrons. The highest BCUT2D eigenvalue weighted by atomic mass is 16.5. The second-order valence-corrected chi connectivity index (χ2v) is 6.18. The number of carbonyl (C=O) groups is 1. The van der Waals surface area contributed by atoms with Crippen LogP contribution in [0.1, 0.15) is 23.8 Å². The van der Waals surface area contributed by atoms with E-state index >= 15 is 0 Å². The summed E-state index contributed by atoms with van der Waals surface area (Å²) in [6, 6.07) is 13.8. The molecule has 2 aromatic heterocycles. The van der Waals surface area contributed by atoms with Crippen molar-refractivity contribution in [3.63, 3.8) is 0 Å². The minimum Gasteiger partial charge on any atom is -0.341 e. The normalized spacial score (nSPS) is 14.3. The third-order valence-corrected chi connectivity index (χ3v) is 4.42. The van der Waals surface area contributed by atoms with E-state index < -0.39 is 0 Å². The van der Waals surface area contributed by atoms with Crippen LogP contribution in [0.3, 0.4) is 0 Å². The largest absolute Gasteiger partial charge is 0.341 e. The summed E-state index contributed by atoms with van der Waals surface area (Å²) in [4.78, 5) is 22.6. The summed E-state index contributed by atoms with van der Waals surface area (Å²) < 4.78 is 5.35. The molecule has 0 N–H and O–H groups in total. The van der Waals surface area contributed by atoms with Crippen LogP contribution in [0, 0.1) is 0 Å². The maximum Gasteiger partial charge on any atom is 0.233 e. The molecule has 1 fully saturated rings. The van der Waals surface area contributed by atoms with Crippen molar-refractivity contribution in [2.75, 3.05) is 13.1 Å². The van der Waals surface area contributed by atoms with Crippen LogP contribution in [-0.4, -0.2) is 39.0 Å². The van der Waals surface area contributed by atoms with Crippen LogP contribution in [0.25, 0.3) is 11.4 Å². The topological polar surface area (TPSA) is 72.1 Å². The molecule has 6 nitrogen and oxygen atoms in total. The van der Waals surface area contributed by atoms with Gasteiger partial charge in [0, 0.05) is 37.5 Å². The van der Waals surface area contributed by atoms with E-state index in [-0.39, 0.29) is 11.8 Å². The van der Waals surface area contributed by atoms with E-state index in [9.17, 15) is 4.79 Å². The van der Waals surface area contributed by atoms with Gasteiger partial charge in [0.15, 0.2) is 0 Å². The monoisotopic (exact) mass is 334 g/mol. The van der Waals surface area contributed by atoms with Crippen molar-refractivity contribution < 1.29 is 9.32 Å². The molecule has 0 spiro atoms. The van der Waals surface area contributed by atoms with Gasteiger partial charge in [-0.15, -0.1) is 0 Å². The summed E-state index contributed by atoms with van der Waals surface area (Å²) in [5.41, 5.74) is 2.01. The summed E-state index contributed by atoms with van der Waals surface area (Å²) in [5, 5.41) is 4.01. The Morgan fingerprint density at radius 3 is 2.76 bits per heavy atom. The Labute approximate surface area is 145 Å². The third-order valence-electron chi connectivity index (χ3n) is 4.42. The molecule has 1 saturated heterocycles. The minimum atomic E-state index is 0.124. The number of likely N-dealkylation sites (tertiary alicyclic amines) is 1. The minimum absolute atomic E-state index is 0.124. The second kappa shape index (κ2) is 6.84. The summed E-state index contributed by atoms with van der Waals surface area (Å²) in [7, 11) is 0. The van der Waals surface area contributed by atoms with Gasteiger partial charge in [0.2, 0.25) is 17.6 Å². The van der Waals surface area contributed by atoms with Gasteiger partial charge >= 0.3 is 0 Å². The van der Waals surface area contributed by atoms with Crippen molar-refractivity contribution in [3.05, 3.63) is 66.3 Å². The molecule has 1 aliphatic heterocycles. The smallest absolute Gasteiger partial charge is 0.233 e. The van der Waals surface area contributed by atoms with Crippen molar-refractivity contribution >= 4 is 5.91 Å². The molecular weight excluding hydrogens is 316 g/mol. The number of hydrogen-bond acceptors (Lipinski definition) is 5. The fourth-order valence-corrected chi connectivity index (χ4v) is 2.91. The molecule has 0 saturated carbocycles. The number of carbonyl (C=O) groups excluding carboxylic acids is 1. The molecule has 126 valence electrons. The first-order valence-corrected chi connectivity index (χ1v) is 8.35. The van der Waals surface area contributed by atoms with E-state index in [1.54, 1.807) is 12.4 Å². The number of rotatable bonds is 5. The highest BCUT2D eigenvalue weighted by molar-refractivity contribution is 5.77. The van der Waals surface area contributed by atoms with E-state index in [1.807, 2.05) is 47.4 Å². The van der Waals surface area contributed by atoms with Gasteiger partial charge in [0.25, 0.3) is 0 Å². The number of benzene rings is 1. The van der Waals surface area contributed by atoms with Crippen molar-refractivity contribution in [1.29, 1.82) is 0 Å². The quantitative estimate of drug-likeness (QED) is 0.717.